The van der Waals surface area contributed by atoms with Crippen molar-refractivity contribution in [3.05, 3.63) is 76.2 Å². The van der Waals surface area contributed by atoms with E-state index >= 15 is 0 Å². The predicted octanol–water partition coefficient (Wildman–Crippen LogP) is 3.88. The number of benzene rings is 2. The topological polar surface area (TPSA) is 68.0 Å². The van der Waals surface area contributed by atoms with Gasteiger partial charge < -0.3 is 11.1 Å². The number of carbonyl (C=O) groups is 1. The Labute approximate surface area is 139 Å². The van der Waals surface area contributed by atoms with Crippen LogP contribution in [0.3, 0.4) is 0 Å². The van der Waals surface area contributed by atoms with E-state index in [2.05, 4.69) is 10.3 Å². The third-order valence-corrected chi connectivity index (χ3v) is 4.49. The highest BCUT2D eigenvalue weighted by molar-refractivity contribution is 7.18. The number of rotatable bonds is 5. The molecule has 0 aliphatic rings. The quantitative estimate of drug-likeness (QED) is 0.699. The van der Waals surface area contributed by atoms with Crippen LogP contribution in [0.1, 0.15) is 26.4 Å². The molecule has 0 radical (unpaired) electrons. The van der Waals surface area contributed by atoms with E-state index in [9.17, 15) is 4.79 Å². The van der Waals surface area contributed by atoms with Crippen molar-refractivity contribution < 1.29 is 4.79 Å². The largest absolute Gasteiger partial charge is 0.382 e. The number of anilines is 2. The lowest BCUT2D eigenvalue weighted by atomic mass is 10.1. The summed E-state index contributed by atoms with van der Waals surface area (Å²) in [7, 11) is 0. The fraction of sp³-hybridized carbons (Fsp3) is 0.111. The summed E-state index contributed by atoms with van der Waals surface area (Å²) in [5.41, 5.74) is 8.80. The van der Waals surface area contributed by atoms with Crippen molar-refractivity contribution in [3.8, 4) is 0 Å². The van der Waals surface area contributed by atoms with E-state index in [0.29, 0.717) is 22.1 Å². The van der Waals surface area contributed by atoms with Gasteiger partial charge >= 0.3 is 0 Å². The van der Waals surface area contributed by atoms with Gasteiger partial charge in [0, 0.05) is 12.1 Å². The molecule has 0 aliphatic heterocycles. The molecule has 1 heterocycles. The minimum atomic E-state index is -0.0900. The molecular formula is C18H17N3OS. The van der Waals surface area contributed by atoms with Crippen LogP contribution in [0.25, 0.3) is 0 Å². The molecule has 5 heteroatoms. The van der Waals surface area contributed by atoms with Gasteiger partial charge in [-0.2, -0.15) is 0 Å². The minimum Gasteiger partial charge on any atom is -0.382 e. The van der Waals surface area contributed by atoms with Crippen LogP contribution >= 0.6 is 11.3 Å². The number of carbonyl (C=O) groups excluding carboxylic acids is 1. The van der Waals surface area contributed by atoms with E-state index in [1.807, 2.05) is 61.5 Å². The molecule has 0 aliphatic carbocycles. The van der Waals surface area contributed by atoms with Crippen LogP contribution in [-0.2, 0) is 6.54 Å². The number of hydrogen-bond acceptors (Lipinski definition) is 5. The molecule has 0 amide bonds. The average Bonchev–Trinajstić information content (AvgIpc) is 2.95. The molecule has 23 heavy (non-hydrogen) atoms. The second-order valence-electron chi connectivity index (χ2n) is 5.27. The predicted molar refractivity (Wildman–Crippen MR) is 94.9 cm³/mol. The van der Waals surface area contributed by atoms with Crippen molar-refractivity contribution in [3.63, 3.8) is 0 Å². The summed E-state index contributed by atoms with van der Waals surface area (Å²) in [6, 6.07) is 17.5. The first-order valence-corrected chi connectivity index (χ1v) is 8.10. The molecule has 2 aromatic carbocycles. The monoisotopic (exact) mass is 323 g/mol. The number of nitrogens with zero attached hydrogens (tertiary/aromatic N) is 1. The molecule has 116 valence electrons. The van der Waals surface area contributed by atoms with Crippen molar-refractivity contribution in [2.24, 2.45) is 0 Å². The molecule has 0 atom stereocenters. The number of hydrogen-bond donors (Lipinski definition) is 2. The lowest BCUT2D eigenvalue weighted by Gasteiger charge is -2.01. The van der Waals surface area contributed by atoms with Crippen molar-refractivity contribution in [2.45, 2.75) is 13.5 Å². The first-order valence-electron chi connectivity index (χ1n) is 7.29. The SMILES string of the molecule is Cc1ccc(C(=O)c2sc(NCc3ccccc3)nc2N)cc1. The Kier molecular flexibility index (Phi) is 4.39. The molecule has 0 unspecified atom stereocenters. The van der Waals surface area contributed by atoms with E-state index in [1.165, 1.54) is 11.3 Å². The molecule has 0 saturated carbocycles. The molecule has 1 aromatic heterocycles. The van der Waals surface area contributed by atoms with Crippen LogP contribution in [0, 0.1) is 6.92 Å². The lowest BCUT2D eigenvalue weighted by Crippen LogP contribution is -2.02. The maximum absolute atomic E-state index is 12.5. The number of nitrogens with two attached hydrogens (primary N) is 1. The number of aryl methyl sites for hydroxylation is 1. The number of nitrogens with one attached hydrogen (secondary N) is 1. The standard InChI is InChI=1S/C18H17N3OS/c1-12-7-9-14(10-8-12)15(22)16-17(19)21-18(23-16)20-11-13-5-3-2-4-6-13/h2-10H,11,19H2,1H3,(H,20,21). The Hall–Kier alpha value is -2.66. The van der Waals surface area contributed by atoms with Crippen LogP contribution in [0.2, 0.25) is 0 Å². The van der Waals surface area contributed by atoms with Gasteiger partial charge in [-0.15, -0.1) is 0 Å². The van der Waals surface area contributed by atoms with Gasteiger partial charge in [0.05, 0.1) is 0 Å². The molecule has 4 nitrogen and oxygen atoms in total. The first kappa shape index (κ1) is 15.2. The fourth-order valence-electron chi connectivity index (χ4n) is 2.18. The summed E-state index contributed by atoms with van der Waals surface area (Å²) in [4.78, 5) is 17.3. The Morgan fingerprint density at radius 2 is 1.83 bits per heavy atom. The van der Waals surface area contributed by atoms with Crippen LogP contribution in [0.4, 0.5) is 10.9 Å². The van der Waals surface area contributed by atoms with Crippen molar-refractivity contribution in [1.29, 1.82) is 0 Å². The highest BCUT2D eigenvalue weighted by Gasteiger charge is 2.17. The van der Waals surface area contributed by atoms with Crippen LogP contribution in [0.5, 0.6) is 0 Å². The molecule has 0 bridgehead atoms. The number of thiazole rings is 1. The first-order chi connectivity index (χ1) is 11.1. The molecule has 3 N–H and O–H groups in total. The van der Waals surface area contributed by atoms with Crippen molar-refractivity contribution in [1.82, 2.24) is 4.98 Å². The summed E-state index contributed by atoms with van der Waals surface area (Å²) >= 11 is 1.29. The van der Waals surface area contributed by atoms with E-state index in [0.717, 1.165) is 11.1 Å². The zero-order chi connectivity index (χ0) is 16.2. The van der Waals surface area contributed by atoms with Gasteiger partial charge in [-0.25, -0.2) is 4.98 Å². The van der Waals surface area contributed by atoms with Gasteiger partial charge in [0.2, 0.25) is 5.78 Å². The van der Waals surface area contributed by atoms with E-state index in [4.69, 9.17) is 5.73 Å². The van der Waals surface area contributed by atoms with Crippen LogP contribution in [-0.4, -0.2) is 10.8 Å². The van der Waals surface area contributed by atoms with Gasteiger partial charge in [0.25, 0.3) is 0 Å². The summed E-state index contributed by atoms with van der Waals surface area (Å²) in [6.45, 7) is 2.63. The molecule has 0 fully saturated rings. The van der Waals surface area contributed by atoms with Gasteiger partial charge in [0.15, 0.2) is 5.13 Å². The average molecular weight is 323 g/mol. The highest BCUT2D eigenvalue weighted by Crippen LogP contribution is 2.27. The maximum Gasteiger partial charge on any atom is 0.206 e. The molecule has 3 aromatic rings. The summed E-state index contributed by atoms with van der Waals surface area (Å²) in [5, 5.41) is 3.87. The van der Waals surface area contributed by atoms with Gasteiger partial charge in [0.1, 0.15) is 10.7 Å². The number of nitrogen functional groups attached to an aromatic ring is 1. The third-order valence-electron chi connectivity index (χ3n) is 3.46. The summed E-state index contributed by atoms with van der Waals surface area (Å²) < 4.78 is 0. The molecular weight excluding hydrogens is 306 g/mol. The van der Waals surface area contributed by atoms with Gasteiger partial charge in [-0.1, -0.05) is 71.5 Å². The van der Waals surface area contributed by atoms with E-state index in [1.54, 1.807) is 0 Å². The Bertz CT molecular complexity index is 810. The van der Waals surface area contributed by atoms with Crippen molar-refractivity contribution >= 4 is 28.1 Å². The van der Waals surface area contributed by atoms with Gasteiger partial charge in [-0.05, 0) is 12.5 Å². The second kappa shape index (κ2) is 6.62. The smallest absolute Gasteiger partial charge is 0.206 e. The Balaban J connectivity index is 1.75. The maximum atomic E-state index is 12.5. The van der Waals surface area contributed by atoms with Crippen LogP contribution in [0.15, 0.2) is 54.6 Å². The van der Waals surface area contributed by atoms with Gasteiger partial charge in [-0.3, -0.25) is 4.79 Å². The number of aromatic nitrogens is 1. The zero-order valence-electron chi connectivity index (χ0n) is 12.7. The summed E-state index contributed by atoms with van der Waals surface area (Å²) in [6.07, 6.45) is 0. The number of ketones is 1. The molecule has 0 spiro atoms. The minimum absolute atomic E-state index is 0.0900. The van der Waals surface area contributed by atoms with Crippen LogP contribution < -0.4 is 11.1 Å². The van der Waals surface area contributed by atoms with E-state index in [-0.39, 0.29) is 11.6 Å². The Morgan fingerprint density at radius 1 is 1.13 bits per heavy atom. The normalized spacial score (nSPS) is 10.5. The Morgan fingerprint density at radius 3 is 2.52 bits per heavy atom. The zero-order valence-corrected chi connectivity index (χ0v) is 13.6. The highest BCUT2D eigenvalue weighted by atomic mass is 32.1. The lowest BCUT2D eigenvalue weighted by molar-refractivity contribution is 0.104. The fourth-order valence-corrected chi connectivity index (χ4v) is 3.02. The summed E-state index contributed by atoms with van der Waals surface area (Å²) in [5.74, 6) is 0.184. The second-order valence-corrected chi connectivity index (χ2v) is 6.27. The van der Waals surface area contributed by atoms with Crippen molar-refractivity contribution in [2.75, 3.05) is 11.1 Å². The molecule has 3 rings (SSSR count). The third kappa shape index (κ3) is 3.57. The van der Waals surface area contributed by atoms with E-state index < -0.39 is 0 Å². The molecule has 0 saturated heterocycles.